The summed E-state index contributed by atoms with van der Waals surface area (Å²) in [5.74, 6) is 1.82. The Morgan fingerprint density at radius 2 is 2.00 bits per heavy atom. The van der Waals surface area contributed by atoms with Crippen molar-refractivity contribution < 1.29 is 9.32 Å². The van der Waals surface area contributed by atoms with Gasteiger partial charge in [-0.3, -0.25) is 4.21 Å². The number of fused-ring (bicyclic) bond motifs is 1. The third kappa shape index (κ3) is 3.38. The van der Waals surface area contributed by atoms with Crippen LogP contribution in [0.15, 0.2) is 29.2 Å². The lowest BCUT2D eigenvalue weighted by Gasteiger charge is -2.60. The van der Waals surface area contributed by atoms with Crippen LogP contribution in [-0.4, -0.2) is 45.3 Å². The molecule has 2 aliphatic carbocycles. The third-order valence-electron chi connectivity index (χ3n) is 8.12. The SMILES string of the molecule is N#Cc1c(N2CC3(CC(c4ccc(Cl)cc4)C3)C2)nc2c(c1NC1(CO)CCC1)[S@](=O)CC2. The largest absolute Gasteiger partial charge is 0.394 e. The highest BCUT2D eigenvalue weighted by molar-refractivity contribution is 7.85. The summed E-state index contributed by atoms with van der Waals surface area (Å²) in [7, 11) is -1.16. The molecular formula is C25H27ClN4O2S. The van der Waals surface area contributed by atoms with E-state index in [1.165, 1.54) is 5.56 Å². The Labute approximate surface area is 201 Å². The van der Waals surface area contributed by atoms with Gasteiger partial charge in [0, 0.05) is 35.7 Å². The summed E-state index contributed by atoms with van der Waals surface area (Å²) in [5, 5.41) is 24.4. The number of pyridine rings is 1. The average molecular weight is 483 g/mol. The molecule has 33 heavy (non-hydrogen) atoms. The van der Waals surface area contributed by atoms with Gasteiger partial charge in [0.15, 0.2) is 0 Å². The van der Waals surface area contributed by atoms with Crippen molar-refractivity contribution >= 4 is 33.9 Å². The van der Waals surface area contributed by atoms with Crippen LogP contribution in [0.25, 0.3) is 0 Å². The van der Waals surface area contributed by atoms with Crippen LogP contribution in [0.4, 0.5) is 11.5 Å². The average Bonchev–Trinajstić information content (AvgIpc) is 3.10. The number of aromatic nitrogens is 1. The Balaban J connectivity index is 1.26. The van der Waals surface area contributed by atoms with E-state index < -0.39 is 16.3 Å². The lowest BCUT2D eigenvalue weighted by Crippen LogP contribution is -2.62. The summed E-state index contributed by atoms with van der Waals surface area (Å²) in [5.41, 5.74) is 3.18. The molecule has 1 atom stereocenters. The van der Waals surface area contributed by atoms with Gasteiger partial charge >= 0.3 is 0 Å². The van der Waals surface area contributed by atoms with Crippen molar-refractivity contribution in [3.05, 3.63) is 46.1 Å². The summed E-state index contributed by atoms with van der Waals surface area (Å²) < 4.78 is 12.8. The molecule has 1 spiro atoms. The van der Waals surface area contributed by atoms with Crippen LogP contribution >= 0.6 is 11.6 Å². The van der Waals surface area contributed by atoms with Crippen LogP contribution in [0, 0.1) is 16.7 Å². The van der Waals surface area contributed by atoms with E-state index in [9.17, 15) is 14.6 Å². The van der Waals surface area contributed by atoms with Gasteiger partial charge in [0.1, 0.15) is 17.5 Å². The van der Waals surface area contributed by atoms with Crippen LogP contribution in [-0.2, 0) is 17.2 Å². The number of aryl methyl sites for hydroxylation is 1. The molecule has 1 aromatic heterocycles. The highest BCUT2D eigenvalue weighted by atomic mass is 35.5. The van der Waals surface area contributed by atoms with E-state index >= 15 is 0 Å². The second kappa shape index (κ2) is 7.69. The second-order valence-electron chi connectivity index (χ2n) is 10.3. The molecular weight excluding hydrogens is 456 g/mol. The van der Waals surface area contributed by atoms with Gasteiger partial charge in [0.2, 0.25) is 0 Å². The van der Waals surface area contributed by atoms with Crippen LogP contribution in [0.2, 0.25) is 5.02 Å². The Morgan fingerprint density at radius 3 is 2.61 bits per heavy atom. The van der Waals surface area contributed by atoms with E-state index in [1.54, 1.807) is 0 Å². The molecule has 2 saturated carbocycles. The molecule has 0 radical (unpaired) electrons. The molecule has 172 valence electrons. The maximum absolute atomic E-state index is 12.8. The highest BCUT2D eigenvalue weighted by Gasteiger charge is 2.53. The number of aliphatic hydroxyl groups excluding tert-OH is 1. The number of anilines is 2. The first kappa shape index (κ1) is 21.4. The molecule has 8 heteroatoms. The molecule has 6 nitrogen and oxygen atoms in total. The van der Waals surface area contributed by atoms with Gasteiger partial charge in [-0.2, -0.15) is 5.26 Å². The van der Waals surface area contributed by atoms with Crippen LogP contribution in [0.3, 0.4) is 0 Å². The standard InChI is InChI=1S/C25H27ClN4O2S/c26-18-4-2-16(3-5-18)17-10-24(11-17)13-30(14-24)23-19(12-27)21(29-25(15-31)7-1-8-25)22-20(28-23)6-9-33(22)32/h2-5,17,31H,1,6-11,13-15H2,(H,28,29)/t33-/m1/s1. The number of aliphatic hydroxyl groups is 1. The first-order valence-corrected chi connectivity index (χ1v) is 13.4. The van der Waals surface area contributed by atoms with Crippen LogP contribution in [0.5, 0.6) is 0 Å². The topological polar surface area (TPSA) is 89.2 Å². The summed E-state index contributed by atoms with van der Waals surface area (Å²) in [6.45, 7) is 1.80. The van der Waals surface area contributed by atoms with Gasteiger partial charge in [-0.1, -0.05) is 23.7 Å². The molecule has 6 rings (SSSR count). The predicted molar refractivity (Wildman–Crippen MR) is 129 cm³/mol. The summed E-state index contributed by atoms with van der Waals surface area (Å²) in [4.78, 5) is 7.76. The lowest BCUT2D eigenvalue weighted by molar-refractivity contribution is 0.0626. The van der Waals surface area contributed by atoms with Crippen molar-refractivity contribution in [1.29, 1.82) is 5.26 Å². The molecule has 0 amide bonds. The molecule has 3 heterocycles. The van der Waals surface area contributed by atoms with Gasteiger partial charge in [0.25, 0.3) is 0 Å². The summed E-state index contributed by atoms with van der Waals surface area (Å²) in [6, 6.07) is 10.5. The van der Waals surface area contributed by atoms with Crippen LogP contribution in [0.1, 0.15) is 54.8 Å². The summed E-state index contributed by atoms with van der Waals surface area (Å²) in [6.07, 6.45) is 5.70. The fourth-order valence-corrected chi connectivity index (χ4v) is 7.58. The smallest absolute Gasteiger partial charge is 0.149 e. The minimum absolute atomic E-state index is 0.00977. The Bertz CT molecular complexity index is 1170. The molecule has 3 fully saturated rings. The zero-order chi connectivity index (χ0) is 22.8. The van der Waals surface area contributed by atoms with Crippen molar-refractivity contribution in [1.82, 2.24) is 4.98 Å². The number of hydrogen-bond acceptors (Lipinski definition) is 6. The number of hydrogen-bond donors (Lipinski definition) is 2. The fraction of sp³-hybridized carbons (Fsp3) is 0.520. The van der Waals surface area contributed by atoms with Crippen molar-refractivity contribution in [3.8, 4) is 6.07 Å². The van der Waals surface area contributed by atoms with Crippen LogP contribution < -0.4 is 10.2 Å². The van der Waals surface area contributed by atoms with Gasteiger partial charge in [-0.15, -0.1) is 0 Å². The monoisotopic (exact) mass is 482 g/mol. The van der Waals surface area contributed by atoms with E-state index in [-0.39, 0.29) is 12.0 Å². The molecule has 0 bridgehead atoms. The number of rotatable bonds is 5. The fourth-order valence-electron chi connectivity index (χ4n) is 6.08. The first-order valence-electron chi connectivity index (χ1n) is 11.7. The normalized spacial score (nSPS) is 24.4. The van der Waals surface area contributed by atoms with Crippen molar-refractivity contribution in [2.24, 2.45) is 5.41 Å². The number of nitriles is 1. The zero-order valence-electron chi connectivity index (χ0n) is 18.4. The Morgan fingerprint density at radius 1 is 1.27 bits per heavy atom. The molecule has 0 unspecified atom stereocenters. The van der Waals surface area contributed by atoms with Gasteiger partial charge in [-0.25, -0.2) is 4.98 Å². The Hall–Kier alpha value is -2.14. The van der Waals surface area contributed by atoms with E-state index in [4.69, 9.17) is 16.6 Å². The number of nitrogens with one attached hydrogen (secondary N) is 1. The summed E-state index contributed by atoms with van der Waals surface area (Å²) >= 11 is 6.03. The maximum Gasteiger partial charge on any atom is 0.149 e. The predicted octanol–water partition coefficient (Wildman–Crippen LogP) is 3.98. The molecule has 1 saturated heterocycles. The van der Waals surface area contributed by atoms with E-state index in [2.05, 4.69) is 28.4 Å². The van der Waals surface area contributed by atoms with Crippen molar-refractivity contribution in [2.75, 3.05) is 35.7 Å². The number of nitrogens with zero attached hydrogens (tertiary/aromatic N) is 3. The zero-order valence-corrected chi connectivity index (χ0v) is 20.0. The van der Waals surface area contributed by atoms with E-state index in [0.29, 0.717) is 40.1 Å². The molecule has 2 aliphatic heterocycles. The molecule has 2 aromatic rings. The first-order chi connectivity index (χ1) is 15.9. The van der Waals surface area contributed by atoms with Crippen molar-refractivity contribution in [2.45, 2.75) is 54.9 Å². The maximum atomic E-state index is 12.8. The number of benzene rings is 1. The quantitative estimate of drug-likeness (QED) is 0.670. The van der Waals surface area contributed by atoms with E-state index in [0.717, 1.165) is 55.9 Å². The molecule has 4 aliphatic rings. The number of halogens is 1. The lowest BCUT2D eigenvalue weighted by atomic mass is 9.56. The highest BCUT2D eigenvalue weighted by Crippen LogP contribution is 2.57. The van der Waals surface area contributed by atoms with Gasteiger partial charge in [-0.05, 0) is 55.7 Å². The minimum Gasteiger partial charge on any atom is -0.394 e. The van der Waals surface area contributed by atoms with Gasteiger partial charge < -0.3 is 15.3 Å². The van der Waals surface area contributed by atoms with Crippen molar-refractivity contribution in [3.63, 3.8) is 0 Å². The molecule has 2 N–H and O–H groups in total. The minimum atomic E-state index is -1.16. The second-order valence-corrected chi connectivity index (χ2v) is 12.2. The van der Waals surface area contributed by atoms with Gasteiger partial charge in [0.05, 0.1) is 39.2 Å². The third-order valence-corrected chi connectivity index (χ3v) is 9.85. The molecule has 1 aromatic carbocycles. The Kier molecular flexibility index (Phi) is 4.99. The van der Waals surface area contributed by atoms with E-state index in [1.807, 2.05) is 12.1 Å².